The number of nitrogens with zero attached hydrogens (tertiary/aromatic N) is 2. The maximum absolute atomic E-state index is 12.3. The van der Waals surface area contributed by atoms with Crippen molar-refractivity contribution in [2.24, 2.45) is 5.73 Å². The van der Waals surface area contributed by atoms with E-state index in [9.17, 15) is 4.79 Å². The zero-order valence-electron chi connectivity index (χ0n) is 11.3. The summed E-state index contributed by atoms with van der Waals surface area (Å²) >= 11 is 0. The Hall–Kier alpha value is -2.40. The summed E-state index contributed by atoms with van der Waals surface area (Å²) < 4.78 is 5.46. The molecular formula is C15H17N3O2. The van der Waals surface area contributed by atoms with Crippen molar-refractivity contribution in [3.8, 4) is 5.75 Å². The Morgan fingerprint density at radius 1 is 1.35 bits per heavy atom. The molecule has 0 bridgehead atoms. The average molecular weight is 271 g/mol. The fraction of sp³-hybridized carbons (Fsp3) is 0.200. The standard InChI is InChI=1S/C15H17N3O2/c1-18(15(19)12-4-3-8-17-11-12)13-5-2-6-14(10-13)20-9-7-16/h2-6,8,10-11H,7,9,16H2,1H3. The number of aromatic nitrogens is 1. The van der Waals surface area contributed by atoms with Crippen LogP contribution in [0.4, 0.5) is 5.69 Å². The van der Waals surface area contributed by atoms with Crippen molar-refractivity contribution in [1.82, 2.24) is 4.98 Å². The van der Waals surface area contributed by atoms with E-state index in [1.165, 1.54) is 0 Å². The molecule has 0 atom stereocenters. The Labute approximate surface area is 118 Å². The number of nitrogens with two attached hydrogens (primary N) is 1. The summed E-state index contributed by atoms with van der Waals surface area (Å²) in [5.41, 5.74) is 6.70. The van der Waals surface area contributed by atoms with Crippen LogP contribution in [0.1, 0.15) is 10.4 Å². The third-order valence-electron chi connectivity index (χ3n) is 2.80. The molecule has 0 saturated carbocycles. The van der Waals surface area contributed by atoms with Gasteiger partial charge in [0, 0.05) is 37.7 Å². The quantitative estimate of drug-likeness (QED) is 0.898. The van der Waals surface area contributed by atoms with Gasteiger partial charge in [0.05, 0.1) is 5.56 Å². The Morgan fingerprint density at radius 3 is 2.90 bits per heavy atom. The second-order valence-electron chi connectivity index (χ2n) is 4.24. The Bertz CT molecular complexity index is 572. The first-order valence-electron chi connectivity index (χ1n) is 6.33. The fourth-order valence-corrected chi connectivity index (χ4v) is 1.76. The monoisotopic (exact) mass is 271 g/mol. The van der Waals surface area contributed by atoms with Gasteiger partial charge >= 0.3 is 0 Å². The number of benzene rings is 1. The lowest BCUT2D eigenvalue weighted by molar-refractivity contribution is 0.0992. The molecule has 1 heterocycles. The number of pyridine rings is 1. The Morgan fingerprint density at radius 2 is 2.20 bits per heavy atom. The van der Waals surface area contributed by atoms with Gasteiger partial charge in [-0.2, -0.15) is 0 Å². The van der Waals surface area contributed by atoms with Crippen molar-refractivity contribution in [3.05, 3.63) is 54.4 Å². The third-order valence-corrected chi connectivity index (χ3v) is 2.80. The van der Waals surface area contributed by atoms with Gasteiger partial charge in [0.2, 0.25) is 0 Å². The summed E-state index contributed by atoms with van der Waals surface area (Å²) in [7, 11) is 1.72. The molecule has 1 amide bonds. The summed E-state index contributed by atoms with van der Waals surface area (Å²) in [4.78, 5) is 17.8. The highest BCUT2D eigenvalue weighted by Gasteiger charge is 2.13. The van der Waals surface area contributed by atoms with E-state index >= 15 is 0 Å². The number of amides is 1. The van der Waals surface area contributed by atoms with Crippen LogP contribution in [0.5, 0.6) is 5.75 Å². The smallest absolute Gasteiger partial charge is 0.259 e. The number of hydrogen-bond donors (Lipinski definition) is 1. The van der Waals surface area contributed by atoms with E-state index in [-0.39, 0.29) is 5.91 Å². The van der Waals surface area contributed by atoms with E-state index in [4.69, 9.17) is 10.5 Å². The highest BCUT2D eigenvalue weighted by Crippen LogP contribution is 2.21. The molecule has 0 aliphatic carbocycles. The van der Waals surface area contributed by atoms with Crippen molar-refractivity contribution in [1.29, 1.82) is 0 Å². The number of ether oxygens (including phenoxy) is 1. The van der Waals surface area contributed by atoms with Crippen LogP contribution in [0.15, 0.2) is 48.8 Å². The summed E-state index contributed by atoms with van der Waals surface area (Å²) in [6, 6.07) is 10.8. The lowest BCUT2D eigenvalue weighted by Crippen LogP contribution is -2.26. The molecule has 0 saturated heterocycles. The van der Waals surface area contributed by atoms with Gasteiger partial charge < -0.3 is 15.4 Å². The predicted octanol–water partition coefficient (Wildman–Crippen LogP) is 1.70. The van der Waals surface area contributed by atoms with Crippen molar-refractivity contribution < 1.29 is 9.53 Å². The molecule has 0 aliphatic heterocycles. The minimum atomic E-state index is -0.117. The first-order chi connectivity index (χ1) is 9.72. The van der Waals surface area contributed by atoms with Gasteiger partial charge in [0.15, 0.2) is 0 Å². The lowest BCUT2D eigenvalue weighted by Gasteiger charge is -2.18. The van der Waals surface area contributed by atoms with Crippen LogP contribution in [-0.4, -0.2) is 31.1 Å². The summed E-state index contributed by atoms with van der Waals surface area (Å²) in [6.07, 6.45) is 3.19. The molecule has 5 nitrogen and oxygen atoms in total. The first kappa shape index (κ1) is 14.0. The van der Waals surface area contributed by atoms with Gasteiger partial charge in [-0.05, 0) is 24.3 Å². The molecule has 2 N–H and O–H groups in total. The summed E-state index contributed by atoms with van der Waals surface area (Å²) in [5, 5.41) is 0. The zero-order chi connectivity index (χ0) is 14.4. The maximum atomic E-state index is 12.3. The molecule has 0 unspecified atom stereocenters. The van der Waals surface area contributed by atoms with Crippen LogP contribution >= 0.6 is 0 Å². The van der Waals surface area contributed by atoms with Gasteiger partial charge in [0.1, 0.15) is 12.4 Å². The maximum Gasteiger partial charge on any atom is 0.259 e. The van der Waals surface area contributed by atoms with E-state index in [1.54, 1.807) is 36.5 Å². The second kappa shape index (κ2) is 6.68. The molecule has 20 heavy (non-hydrogen) atoms. The minimum absolute atomic E-state index is 0.117. The van der Waals surface area contributed by atoms with Gasteiger partial charge in [-0.15, -0.1) is 0 Å². The first-order valence-corrected chi connectivity index (χ1v) is 6.33. The van der Waals surface area contributed by atoms with Gasteiger partial charge in [0.25, 0.3) is 5.91 Å². The number of carbonyl (C=O) groups is 1. The van der Waals surface area contributed by atoms with Gasteiger partial charge in [-0.25, -0.2) is 0 Å². The van der Waals surface area contributed by atoms with Crippen molar-refractivity contribution >= 4 is 11.6 Å². The van der Waals surface area contributed by atoms with Crippen LogP contribution in [-0.2, 0) is 0 Å². The number of rotatable bonds is 5. The molecule has 2 aromatic rings. The topological polar surface area (TPSA) is 68.5 Å². The molecule has 1 aromatic heterocycles. The number of anilines is 1. The van der Waals surface area contributed by atoms with Crippen molar-refractivity contribution in [2.75, 3.05) is 25.1 Å². The molecule has 0 radical (unpaired) electrons. The Balaban J connectivity index is 2.16. The SMILES string of the molecule is CN(C(=O)c1cccnc1)c1cccc(OCCN)c1. The summed E-state index contributed by atoms with van der Waals surface area (Å²) in [5.74, 6) is 0.577. The number of hydrogen-bond acceptors (Lipinski definition) is 4. The van der Waals surface area contributed by atoms with Gasteiger partial charge in [-0.3, -0.25) is 9.78 Å². The van der Waals surface area contributed by atoms with Crippen LogP contribution in [0, 0.1) is 0 Å². The molecule has 0 spiro atoms. The number of carbonyl (C=O) groups excluding carboxylic acids is 1. The van der Waals surface area contributed by atoms with E-state index in [0.29, 0.717) is 24.5 Å². The highest BCUT2D eigenvalue weighted by atomic mass is 16.5. The van der Waals surface area contributed by atoms with E-state index in [0.717, 1.165) is 5.69 Å². The third kappa shape index (κ3) is 3.33. The van der Waals surface area contributed by atoms with E-state index in [2.05, 4.69) is 4.98 Å². The summed E-state index contributed by atoms with van der Waals surface area (Å²) in [6.45, 7) is 0.901. The van der Waals surface area contributed by atoms with E-state index < -0.39 is 0 Å². The normalized spacial score (nSPS) is 10.1. The average Bonchev–Trinajstić information content (AvgIpc) is 2.52. The van der Waals surface area contributed by atoms with Crippen molar-refractivity contribution in [2.45, 2.75) is 0 Å². The van der Waals surface area contributed by atoms with Gasteiger partial charge in [-0.1, -0.05) is 6.07 Å². The molecule has 104 valence electrons. The predicted molar refractivity (Wildman–Crippen MR) is 78.0 cm³/mol. The largest absolute Gasteiger partial charge is 0.492 e. The lowest BCUT2D eigenvalue weighted by atomic mass is 10.2. The Kier molecular flexibility index (Phi) is 4.68. The second-order valence-corrected chi connectivity index (χ2v) is 4.24. The van der Waals surface area contributed by atoms with E-state index in [1.807, 2.05) is 24.3 Å². The minimum Gasteiger partial charge on any atom is -0.492 e. The molecular weight excluding hydrogens is 254 g/mol. The zero-order valence-corrected chi connectivity index (χ0v) is 11.3. The van der Waals surface area contributed by atoms with Crippen LogP contribution in [0.25, 0.3) is 0 Å². The van der Waals surface area contributed by atoms with Crippen LogP contribution in [0.2, 0.25) is 0 Å². The molecule has 5 heteroatoms. The van der Waals surface area contributed by atoms with Crippen LogP contribution < -0.4 is 15.4 Å². The molecule has 0 fully saturated rings. The highest BCUT2D eigenvalue weighted by molar-refractivity contribution is 6.05. The fourth-order valence-electron chi connectivity index (χ4n) is 1.76. The molecule has 2 rings (SSSR count). The molecule has 1 aromatic carbocycles. The van der Waals surface area contributed by atoms with Crippen LogP contribution in [0.3, 0.4) is 0 Å². The van der Waals surface area contributed by atoms with Crippen molar-refractivity contribution in [3.63, 3.8) is 0 Å². The molecule has 0 aliphatic rings.